The highest BCUT2D eigenvalue weighted by Gasteiger charge is 1.99. The Kier molecular flexibility index (Phi) is 5.47. The molecule has 2 aromatic rings. The zero-order valence-electron chi connectivity index (χ0n) is 11.9. The quantitative estimate of drug-likeness (QED) is 0.481. The summed E-state index contributed by atoms with van der Waals surface area (Å²) in [7, 11) is 0. The Morgan fingerprint density at radius 3 is 2.52 bits per heavy atom. The lowest BCUT2D eigenvalue weighted by atomic mass is 10.1. The second kappa shape index (κ2) is 7.33. The Morgan fingerprint density at radius 2 is 1.86 bits per heavy atom. The second-order valence-corrected chi connectivity index (χ2v) is 5.96. The molecule has 21 heavy (non-hydrogen) atoms. The van der Waals surface area contributed by atoms with Crippen molar-refractivity contribution in [1.82, 2.24) is 5.43 Å². The predicted octanol–water partition coefficient (Wildman–Crippen LogP) is 4.47. The van der Waals surface area contributed by atoms with E-state index in [0.717, 1.165) is 21.4 Å². The van der Waals surface area contributed by atoms with Crippen molar-refractivity contribution in [1.29, 1.82) is 0 Å². The van der Waals surface area contributed by atoms with Crippen molar-refractivity contribution in [3.05, 3.63) is 64.1 Å². The van der Waals surface area contributed by atoms with Crippen molar-refractivity contribution >= 4 is 44.7 Å². The highest BCUT2D eigenvalue weighted by atomic mass is 79.9. The summed E-state index contributed by atoms with van der Waals surface area (Å²) in [6.45, 7) is 3.98. The van der Waals surface area contributed by atoms with Crippen LogP contribution in [0.15, 0.2) is 58.1 Å². The smallest absolute Gasteiger partial charge is 0.191 e. The Bertz CT molecular complexity index is 665. The number of rotatable bonds is 3. The van der Waals surface area contributed by atoms with E-state index in [1.54, 1.807) is 0 Å². The van der Waals surface area contributed by atoms with Gasteiger partial charge in [0.25, 0.3) is 0 Å². The first-order chi connectivity index (χ1) is 10.0. The molecular weight excluding hydrogens is 346 g/mol. The molecule has 0 fully saturated rings. The lowest BCUT2D eigenvalue weighted by molar-refractivity contribution is 1.04. The lowest BCUT2D eigenvalue weighted by Crippen LogP contribution is -2.25. The van der Waals surface area contributed by atoms with E-state index in [9.17, 15) is 0 Å². The molecule has 0 saturated carbocycles. The minimum absolute atomic E-state index is 0.470. The van der Waals surface area contributed by atoms with Gasteiger partial charge in [0.1, 0.15) is 0 Å². The molecule has 0 unspecified atom stereocenters. The van der Waals surface area contributed by atoms with Crippen LogP contribution in [0.3, 0.4) is 0 Å². The normalized spacial score (nSPS) is 11.1. The van der Waals surface area contributed by atoms with Crippen LogP contribution in [-0.4, -0.2) is 10.8 Å². The molecule has 0 amide bonds. The fourth-order valence-corrected chi connectivity index (χ4v) is 2.20. The van der Waals surface area contributed by atoms with E-state index in [4.69, 9.17) is 12.2 Å². The number of hydrogen-bond donors (Lipinski definition) is 2. The van der Waals surface area contributed by atoms with Gasteiger partial charge in [0.05, 0.1) is 5.71 Å². The highest BCUT2D eigenvalue weighted by Crippen LogP contribution is 2.11. The summed E-state index contributed by atoms with van der Waals surface area (Å²) >= 11 is 8.64. The van der Waals surface area contributed by atoms with E-state index in [-0.39, 0.29) is 0 Å². The topological polar surface area (TPSA) is 36.4 Å². The molecule has 0 saturated heterocycles. The summed E-state index contributed by atoms with van der Waals surface area (Å²) in [5.41, 5.74) is 6.90. The molecule has 0 radical (unpaired) electrons. The number of benzene rings is 2. The average Bonchev–Trinajstić information content (AvgIpc) is 2.45. The van der Waals surface area contributed by atoms with Crippen LogP contribution >= 0.6 is 28.1 Å². The number of aryl methyl sites for hydroxylation is 1. The molecule has 0 aliphatic heterocycles. The number of hydrazone groups is 1. The molecule has 0 bridgehead atoms. The first kappa shape index (κ1) is 15.7. The van der Waals surface area contributed by atoms with Gasteiger partial charge in [0.15, 0.2) is 5.11 Å². The van der Waals surface area contributed by atoms with Gasteiger partial charge in [-0.05, 0) is 61.5 Å². The lowest BCUT2D eigenvalue weighted by Gasteiger charge is -2.08. The molecule has 0 atom stereocenters. The van der Waals surface area contributed by atoms with Gasteiger partial charge in [-0.1, -0.05) is 40.2 Å². The third-order valence-corrected chi connectivity index (χ3v) is 3.59. The molecule has 108 valence electrons. The Balaban J connectivity index is 1.96. The first-order valence-electron chi connectivity index (χ1n) is 6.48. The number of halogens is 1. The summed E-state index contributed by atoms with van der Waals surface area (Å²) < 4.78 is 1.05. The molecule has 0 aliphatic rings. The van der Waals surface area contributed by atoms with Crippen molar-refractivity contribution in [2.45, 2.75) is 13.8 Å². The van der Waals surface area contributed by atoms with Crippen molar-refractivity contribution in [2.75, 3.05) is 5.32 Å². The largest absolute Gasteiger partial charge is 0.331 e. The van der Waals surface area contributed by atoms with E-state index in [0.29, 0.717) is 5.11 Å². The van der Waals surface area contributed by atoms with Gasteiger partial charge in [-0.25, -0.2) is 0 Å². The summed E-state index contributed by atoms with van der Waals surface area (Å²) in [5.74, 6) is 0. The van der Waals surface area contributed by atoms with E-state index < -0.39 is 0 Å². The van der Waals surface area contributed by atoms with E-state index >= 15 is 0 Å². The van der Waals surface area contributed by atoms with E-state index in [2.05, 4.69) is 31.8 Å². The minimum atomic E-state index is 0.470. The van der Waals surface area contributed by atoms with Gasteiger partial charge < -0.3 is 5.32 Å². The van der Waals surface area contributed by atoms with Crippen LogP contribution in [-0.2, 0) is 0 Å². The molecule has 3 nitrogen and oxygen atoms in total. The fraction of sp³-hybridized carbons (Fsp3) is 0.125. The van der Waals surface area contributed by atoms with Crippen molar-refractivity contribution in [2.24, 2.45) is 5.10 Å². The highest BCUT2D eigenvalue weighted by molar-refractivity contribution is 9.10. The summed E-state index contributed by atoms with van der Waals surface area (Å²) in [4.78, 5) is 0. The standard InChI is InChI=1S/C16H16BrN3S/c1-11-4-3-5-15(10-11)18-16(21)20-19-12(2)13-6-8-14(17)9-7-13/h3-10H,1-2H3,(H2,18,20,21)/b19-12+. The Hall–Kier alpha value is -1.72. The van der Waals surface area contributed by atoms with Crippen molar-refractivity contribution < 1.29 is 0 Å². The van der Waals surface area contributed by atoms with Crippen LogP contribution in [0, 0.1) is 6.92 Å². The Morgan fingerprint density at radius 1 is 1.14 bits per heavy atom. The molecule has 0 aromatic heterocycles. The molecule has 5 heteroatoms. The SMILES string of the molecule is C/C(=N\NC(=S)Nc1cccc(C)c1)c1ccc(Br)cc1. The maximum atomic E-state index is 5.23. The average molecular weight is 362 g/mol. The van der Waals surface area contributed by atoms with Gasteiger partial charge >= 0.3 is 0 Å². The molecule has 0 aliphatic carbocycles. The molecule has 2 aromatic carbocycles. The number of nitrogens with zero attached hydrogens (tertiary/aromatic N) is 1. The van der Waals surface area contributed by atoms with Crippen LogP contribution in [0.1, 0.15) is 18.1 Å². The summed E-state index contributed by atoms with van der Waals surface area (Å²) in [5, 5.41) is 7.86. The van der Waals surface area contributed by atoms with Crippen LogP contribution in [0.25, 0.3) is 0 Å². The van der Waals surface area contributed by atoms with Gasteiger partial charge in [-0.2, -0.15) is 5.10 Å². The zero-order chi connectivity index (χ0) is 15.2. The molecule has 2 rings (SSSR count). The Labute approximate surface area is 138 Å². The summed E-state index contributed by atoms with van der Waals surface area (Å²) in [6.07, 6.45) is 0. The monoisotopic (exact) mass is 361 g/mol. The van der Waals surface area contributed by atoms with Crippen LogP contribution < -0.4 is 10.7 Å². The van der Waals surface area contributed by atoms with Crippen LogP contribution in [0.5, 0.6) is 0 Å². The van der Waals surface area contributed by atoms with Gasteiger partial charge in [-0.15, -0.1) is 0 Å². The van der Waals surface area contributed by atoms with Crippen molar-refractivity contribution in [3.63, 3.8) is 0 Å². The number of thiocarbonyl (C=S) groups is 1. The molecular formula is C16H16BrN3S. The van der Waals surface area contributed by atoms with Crippen molar-refractivity contribution in [3.8, 4) is 0 Å². The molecule has 0 heterocycles. The van der Waals surface area contributed by atoms with E-state index in [1.807, 2.05) is 62.4 Å². The number of anilines is 1. The first-order valence-corrected chi connectivity index (χ1v) is 7.68. The number of hydrogen-bond acceptors (Lipinski definition) is 2. The van der Waals surface area contributed by atoms with Crippen LogP contribution in [0.2, 0.25) is 0 Å². The minimum Gasteiger partial charge on any atom is -0.331 e. The van der Waals surface area contributed by atoms with E-state index in [1.165, 1.54) is 5.56 Å². The third kappa shape index (κ3) is 4.95. The zero-order valence-corrected chi connectivity index (χ0v) is 14.3. The third-order valence-electron chi connectivity index (χ3n) is 2.86. The van der Waals surface area contributed by atoms with Gasteiger partial charge in [0, 0.05) is 10.2 Å². The van der Waals surface area contributed by atoms with Gasteiger partial charge in [0.2, 0.25) is 0 Å². The molecule has 0 spiro atoms. The van der Waals surface area contributed by atoms with Gasteiger partial charge in [-0.3, -0.25) is 5.43 Å². The molecule has 2 N–H and O–H groups in total. The summed E-state index contributed by atoms with van der Waals surface area (Å²) in [6, 6.07) is 16.0. The second-order valence-electron chi connectivity index (χ2n) is 4.64. The number of nitrogens with one attached hydrogen (secondary N) is 2. The fourth-order valence-electron chi connectivity index (χ4n) is 1.77. The maximum absolute atomic E-state index is 5.23. The maximum Gasteiger partial charge on any atom is 0.191 e. The van der Waals surface area contributed by atoms with Crippen LogP contribution in [0.4, 0.5) is 5.69 Å². The predicted molar refractivity (Wildman–Crippen MR) is 96.9 cm³/mol.